The maximum absolute atomic E-state index is 13.6. The summed E-state index contributed by atoms with van der Waals surface area (Å²) in [6.07, 6.45) is 0.960. The fourth-order valence-electron chi connectivity index (χ4n) is 2.61. The van der Waals surface area contributed by atoms with E-state index in [1.165, 1.54) is 30.9 Å². The molecule has 22 heavy (non-hydrogen) atoms. The largest absolute Gasteiger partial charge is 0.480 e. The lowest BCUT2D eigenvalue weighted by Crippen LogP contribution is -2.50. The Hall–Kier alpha value is -2.44. The lowest BCUT2D eigenvalue weighted by molar-refractivity contribution is -0.147. The Morgan fingerprint density at radius 3 is 2.64 bits per heavy atom. The number of benzene rings is 1. The van der Waals surface area contributed by atoms with Crippen LogP contribution in [0.2, 0.25) is 0 Å². The van der Waals surface area contributed by atoms with E-state index >= 15 is 0 Å². The normalized spacial score (nSPS) is 20.8. The summed E-state index contributed by atoms with van der Waals surface area (Å²) in [5, 5.41) is 11.6. The number of hydrogen-bond acceptors (Lipinski definition) is 3. The van der Waals surface area contributed by atoms with Gasteiger partial charge < -0.3 is 15.3 Å². The molecule has 0 radical (unpaired) electrons. The van der Waals surface area contributed by atoms with Crippen LogP contribution in [0.5, 0.6) is 0 Å². The fraction of sp³-hybridized carbons (Fsp3) is 0.400. The highest BCUT2D eigenvalue weighted by molar-refractivity contribution is 5.99. The molecule has 1 aromatic carbocycles. The van der Waals surface area contributed by atoms with E-state index in [4.69, 9.17) is 0 Å². The number of carboxylic acid groups (broad SMARTS) is 1. The monoisotopic (exact) mass is 308 g/mol. The van der Waals surface area contributed by atoms with Crippen LogP contribution in [0.3, 0.4) is 0 Å². The van der Waals surface area contributed by atoms with Gasteiger partial charge in [-0.1, -0.05) is 0 Å². The summed E-state index contributed by atoms with van der Waals surface area (Å²) in [5.74, 6) is -2.68. The first kappa shape index (κ1) is 15.9. The number of amides is 2. The minimum atomic E-state index is -1.26. The van der Waals surface area contributed by atoms with Crippen LogP contribution in [0.15, 0.2) is 18.2 Å². The number of hydrogen-bond donors (Lipinski definition) is 2. The van der Waals surface area contributed by atoms with Crippen molar-refractivity contribution in [1.29, 1.82) is 0 Å². The lowest BCUT2D eigenvalue weighted by atomic mass is 9.98. The molecule has 118 valence electrons. The summed E-state index contributed by atoms with van der Waals surface area (Å²) in [6, 6.07) is 3.58. The third-order valence-corrected chi connectivity index (χ3v) is 3.87. The van der Waals surface area contributed by atoms with Gasteiger partial charge in [-0.25, -0.2) is 9.18 Å². The second-order valence-corrected chi connectivity index (χ2v) is 5.52. The second kappa shape index (κ2) is 5.75. The van der Waals surface area contributed by atoms with Crippen LogP contribution in [0.25, 0.3) is 0 Å². The van der Waals surface area contributed by atoms with Crippen molar-refractivity contribution in [2.24, 2.45) is 0 Å². The third kappa shape index (κ3) is 2.79. The predicted octanol–water partition coefficient (Wildman–Crippen LogP) is 1.86. The Balaban J connectivity index is 2.33. The van der Waals surface area contributed by atoms with Crippen LogP contribution < -0.4 is 5.32 Å². The van der Waals surface area contributed by atoms with Gasteiger partial charge in [0.25, 0.3) is 5.91 Å². The Labute approximate surface area is 126 Å². The van der Waals surface area contributed by atoms with Gasteiger partial charge >= 0.3 is 5.97 Å². The van der Waals surface area contributed by atoms with Crippen LogP contribution in [-0.4, -0.2) is 39.9 Å². The standard InChI is InChI=1S/C15H17FN2O4/c1-9(19)17-12-8-10(4-5-11(12)16)13(20)18-7-3-6-15(18,2)14(21)22/h4-5,8H,3,6-7H2,1-2H3,(H,17,19)(H,21,22). The summed E-state index contributed by atoms with van der Waals surface area (Å²) in [7, 11) is 0. The highest BCUT2D eigenvalue weighted by atomic mass is 19.1. The quantitative estimate of drug-likeness (QED) is 0.892. The summed E-state index contributed by atoms with van der Waals surface area (Å²) >= 11 is 0. The first-order valence-corrected chi connectivity index (χ1v) is 6.88. The Bertz CT molecular complexity index is 646. The molecule has 1 fully saturated rings. The van der Waals surface area contributed by atoms with Gasteiger partial charge in [0.05, 0.1) is 5.69 Å². The Kier molecular flexibility index (Phi) is 4.16. The van der Waals surface area contributed by atoms with Crippen LogP contribution in [0.1, 0.15) is 37.0 Å². The molecule has 1 aliphatic rings. The van der Waals surface area contributed by atoms with Crippen molar-refractivity contribution in [3.8, 4) is 0 Å². The van der Waals surface area contributed by atoms with Crippen LogP contribution >= 0.6 is 0 Å². The molecule has 1 heterocycles. The third-order valence-electron chi connectivity index (χ3n) is 3.87. The number of nitrogens with one attached hydrogen (secondary N) is 1. The van der Waals surface area contributed by atoms with E-state index in [2.05, 4.69) is 5.32 Å². The van der Waals surface area contributed by atoms with Crippen molar-refractivity contribution in [3.63, 3.8) is 0 Å². The van der Waals surface area contributed by atoms with Crippen LogP contribution in [-0.2, 0) is 9.59 Å². The van der Waals surface area contributed by atoms with Crippen molar-refractivity contribution in [2.45, 2.75) is 32.2 Å². The number of anilines is 1. The first-order valence-electron chi connectivity index (χ1n) is 6.88. The number of likely N-dealkylation sites (tertiary alicyclic amines) is 1. The molecule has 0 aliphatic carbocycles. The molecule has 1 saturated heterocycles. The maximum atomic E-state index is 13.6. The van der Waals surface area contributed by atoms with Gasteiger partial charge in [-0.05, 0) is 38.0 Å². The summed E-state index contributed by atoms with van der Waals surface area (Å²) in [4.78, 5) is 36.3. The van der Waals surface area contributed by atoms with Gasteiger partial charge in [-0.2, -0.15) is 0 Å². The molecule has 2 amide bonds. The molecule has 7 heteroatoms. The molecule has 1 unspecified atom stereocenters. The first-order chi connectivity index (χ1) is 10.3. The topological polar surface area (TPSA) is 86.7 Å². The number of halogens is 1. The summed E-state index contributed by atoms with van der Waals surface area (Å²) in [6.45, 7) is 3.06. The van der Waals surface area contributed by atoms with Gasteiger partial charge in [-0.15, -0.1) is 0 Å². The average molecular weight is 308 g/mol. The smallest absolute Gasteiger partial charge is 0.329 e. The molecule has 2 rings (SSSR count). The van der Waals surface area contributed by atoms with Gasteiger partial charge in [0.1, 0.15) is 11.4 Å². The van der Waals surface area contributed by atoms with E-state index in [1.54, 1.807) is 0 Å². The number of carbonyl (C=O) groups is 3. The molecule has 1 atom stereocenters. The second-order valence-electron chi connectivity index (χ2n) is 5.52. The van der Waals surface area contributed by atoms with Gasteiger partial charge in [-0.3, -0.25) is 9.59 Å². The predicted molar refractivity (Wildman–Crippen MR) is 77.0 cm³/mol. The summed E-state index contributed by atoms with van der Waals surface area (Å²) in [5.41, 5.74) is -1.23. The molecule has 0 spiro atoms. The molecular formula is C15H17FN2O4. The van der Waals surface area contributed by atoms with E-state index in [1.807, 2.05) is 0 Å². The van der Waals surface area contributed by atoms with Gasteiger partial charge in [0, 0.05) is 19.0 Å². The molecule has 1 aromatic rings. The van der Waals surface area contributed by atoms with E-state index in [9.17, 15) is 23.9 Å². The van der Waals surface area contributed by atoms with Crippen LogP contribution in [0, 0.1) is 5.82 Å². The molecule has 1 aliphatic heterocycles. The number of aliphatic carboxylic acids is 1. The highest BCUT2D eigenvalue weighted by Gasteiger charge is 2.46. The molecular weight excluding hydrogens is 291 g/mol. The number of carbonyl (C=O) groups excluding carboxylic acids is 2. The zero-order valence-electron chi connectivity index (χ0n) is 12.4. The van der Waals surface area contributed by atoms with E-state index in [-0.39, 0.29) is 11.3 Å². The fourth-order valence-corrected chi connectivity index (χ4v) is 2.61. The zero-order valence-corrected chi connectivity index (χ0v) is 12.4. The van der Waals surface area contributed by atoms with Crippen molar-refractivity contribution >= 4 is 23.5 Å². The molecule has 0 aromatic heterocycles. The van der Waals surface area contributed by atoms with Crippen LogP contribution in [0.4, 0.5) is 10.1 Å². The summed E-state index contributed by atoms with van der Waals surface area (Å²) < 4.78 is 13.6. The maximum Gasteiger partial charge on any atom is 0.329 e. The molecule has 0 saturated carbocycles. The van der Waals surface area contributed by atoms with E-state index < -0.39 is 29.1 Å². The molecule has 6 nitrogen and oxygen atoms in total. The SMILES string of the molecule is CC(=O)Nc1cc(C(=O)N2CCCC2(C)C(=O)O)ccc1F. The average Bonchev–Trinajstić information content (AvgIpc) is 2.83. The van der Waals surface area contributed by atoms with Crippen molar-refractivity contribution < 1.29 is 23.9 Å². The minimum absolute atomic E-state index is 0.102. The number of carboxylic acids is 1. The minimum Gasteiger partial charge on any atom is -0.480 e. The highest BCUT2D eigenvalue weighted by Crippen LogP contribution is 2.31. The van der Waals surface area contributed by atoms with Crippen molar-refractivity contribution in [1.82, 2.24) is 4.90 Å². The lowest BCUT2D eigenvalue weighted by Gasteiger charge is -2.31. The zero-order chi connectivity index (χ0) is 16.5. The Morgan fingerprint density at radius 2 is 2.05 bits per heavy atom. The van der Waals surface area contributed by atoms with Gasteiger partial charge in [0.2, 0.25) is 5.91 Å². The number of rotatable bonds is 3. The van der Waals surface area contributed by atoms with E-state index in [0.29, 0.717) is 19.4 Å². The number of nitrogens with zero attached hydrogens (tertiary/aromatic N) is 1. The van der Waals surface area contributed by atoms with Crippen molar-refractivity contribution in [3.05, 3.63) is 29.6 Å². The molecule has 2 N–H and O–H groups in total. The van der Waals surface area contributed by atoms with E-state index in [0.717, 1.165) is 6.07 Å². The van der Waals surface area contributed by atoms with Gasteiger partial charge in [0.15, 0.2) is 0 Å². The molecule has 0 bridgehead atoms. The Morgan fingerprint density at radius 1 is 1.36 bits per heavy atom. The van der Waals surface area contributed by atoms with Crippen molar-refractivity contribution in [2.75, 3.05) is 11.9 Å².